The van der Waals surface area contributed by atoms with E-state index < -0.39 is 16.9 Å². The highest BCUT2D eigenvalue weighted by molar-refractivity contribution is 6.32. The maximum absolute atomic E-state index is 11.2. The smallest absolute Gasteiger partial charge is 0.327 e. The molecule has 0 aromatic heterocycles. The predicted molar refractivity (Wildman–Crippen MR) is 57.1 cm³/mol. The number of ether oxygens (including phenoxy) is 1. The Bertz CT molecular complexity index is 436. The van der Waals surface area contributed by atoms with E-state index in [4.69, 9.17) is 17.3 Å². The van der Waals surface area contributed by atoms with E-state index in [1.165, 1.54) is 18.2 Å². The number of nitrogens with zero attached hydrogens (tertiary/aromatic N) is 1. The SMILES string of the molecule is COC(=O)C(N)c1c(Cl)cccc1[N+](=O)[O-]. The zero-order valence-electron chi connectivity index (χ0n) is 8.34. The predicted octanol–water partition coefficient (Wildman–Crippen LogP) is 1.42. The molecule has 0 aliphatic heterocycles. The van der Waals surface area contributed by atoms with Crippen LogP contribution in [0.4, 0.5) is 5.69 Å². The number of carbonyl (C=O) groups is 1. The van der Waals surface area contributed by atoms with E-state index in [1.54, 1.807) is 0 Å². The number of halogens is 1. The molecule has 1 aromatic carbocycles. The molecular weight excluding hydrogens is 236 g/mol. The van der Waals surface area contributed by atoms with Gasteiger partial charge in [0.25, 0.3) is 5.69 Å². The first-order chi connectivity index (χ1) is 7.49. The van der Waals surface area contributed by atoms with Crippen molar-refractivity contribution >= 4 is 23.3 Å². The van der Waals surface area contributed by atoms with Gasteiger partial charge in [0.05, 0.1) is 22.6 Å². The van der Waals surface area contributed by atoms with Gasteiger partial charge in [-0.3, -0.25) is 10.1 Å². The van der Waals surface area contributed by atoms with Gasteiger partial charge in [-0.2, -0.15) is 0 Å². The van der Waals surface area contributed by atoms with Crippen LogP contribution in [0.1, 0.15) is 11.6 Å². The molecule has 0 aliphatic rings. The van der Waals surface area contributed by atoms with Gasteiger partial charge in [-0.05, 0) is 6.07 Å². The van der Waals surface area contributed by atoms with E-state index in [9.17, 15) is 14.9 Å². The third-order valence-corrected chi connectivity index (χ3v) is 2.32. The molecule has 1 atom stereocenters. The molecule has 86 valence electrons. The van der Waals surface area contributed by atoms with Crippen LogP contribution >= 0.6 is 11.6 Å². The van der Waals surface area contributed by atoms with Gasteiger partial charge in [-0.25, -0.2) is 4.79 Å². The minimum atomic E-state index is -1.26. The second-order valence-electron chi connectivity index (χ2n) is 2.93. The third kappa shape index (κ3) is 2.29. The van der Waals surface area contributed by atoms with Gasteiger partial charge in [-0.1, -0.05) is 17.7 Å². The fourth-order valence-corrected chi connectivity index (χ4v) is 1.52. The number of esters is 1. The summed E-state index contributed by atoms with van der Waals surface area (Å²) in [6, 6.07) is 2.80. The number of nitro groups is 1. The second-order valence-corrected chi connectivity index (χ2v) is 3.34. The molecule has 0 radical (unpaired) electrons. The molecule has 1 aromatic rings. The molecule has 2 N–H and O–H groups in total. The van der Waals surface area contributed by atoms with Crippen molar-refractivity contribution in [3.8, 4) is 0 Å². The van der Waals surface area contributed by atoms with Crippen LogP contribution in [-0.4, -0.2) is 18.0 Å². The van der Waals surface area contributed by atoms with E-state index in [1.807, 2.05) is 0 Å². The van der Waals surface area contributed by atoms with Crippen molar-refractivity contribution in [2.75, 3.05) is 7.11 Å². The summed E-state index contributed by atoms with van der Waals surface area (Å²) in [6.07, 6.45) is 0. The van der Waals surface area contributed by atoms with Crippen LogP contribution in [-0.2, 0) is 9.53 Å². The highest BCUT2D eigenvalue weighted by Gasteiger charge is 2.27. The Labute approximate surface area is 96.1 Å². The van der Waals surface area contributed by atoms with Crippen LogP contribution < -0.4 is 5.73 Å². The van der Waals surface area contributed by atoms with Crippen LogP contribution in [0.2, 0.25) is 5.02 Å². The molecule has 0 aliphatic carbocycles. The minimum absolute atomic E-state index is 0.0407. The molecule has 0 heterocycles. The molecular formula is C9H9ClN2O4. The number of benzene rings is 1. The largest absolute Gasteiger partial charge is 0.468 e. The van der Waals surface area contributed by atoms with Crippen LogP contribution in [0, 0.1) is 10.1 Å². The first-order valence-electron chi connectivity index (χ1n) is 4.25. The standard InChI is InChI=1S/C9H9ClN2O4/c1-16-9(13)8(11)7-5(10)3-2-4-6(7)12(14)15/h2-4,8H,11H2,1H3. The van der Waals surface area contributed by atoms with Crippen LogP contribution in [0.3, 0.4) is 0 Å². The molecule has 16 heavy (non-hydrogen) atoms. The van der Waals surface area contributed by atoms with Crippen molar-refractivity contribution < 1.29 is 14.5 Å². The summed E-state index contributed by atoms with van der Waals surface area (Å²) in [5, 5.41) is 10.8. The first-order valence-corrected chi connectivity index (χ1v) is 4.63. The lowest BCUT2D eigenvalue weighted by molar-refractivity contribution is -0.385. The van der Waals surface area contributed by atoms with Crippen LogP contribution in [0.25, 0.3) is 0 Å². The number of hydrogen-bond donors (Lipinski definition) is 1. The monoisotopic (exact) mass is 244 g/mol. The Balaban J connectivity index is 3.30. The van der Waals surface area contributed by atoms with Crippen molar-refractivity contribution in [2.45, 2.75) is 6.04 Å². The second kappa shape index (κ2) is 4.91. The van der Waals surface area contributed by atoms with Gasteiger partial charge in [0.1, 0.15) is 6.04 Å². The number of hydrogen-bond acceptors (Lipinski definition) is 5. The summed E-state index contributed by atoms with van der Waals surface area (Å²) in [6.45, 7) is 0. The summed E-state index contributed by atoms with van der Waals surface area (Å²) in [4.78, 5) is 21.3. The van der Waals surface area contributed by atoms with Crippen molar-refractivity contribution in [2.24, 2.45) is 5.73 Å². The minimum Gasteiger partial charge on any atom is -0.468 e. The molecule has 0 saturated carbocycles. The third-order valence-electron chi connectivity index (χ3n) is 1.99. The number of carbonyl (C=O) groups excluding carboxylic acids is 1. The Morgan fingerprint density at radius 3 is 2.75 bits per heavy atom. The Morgan fingerprint density at radius 1 is 1.62 bits per heavy atom. The highest BCUT2D eigenvalue weighted by atomic mass is 35.5. The van der Waals surface area contributed by atoms with E-state index in [0.717, 1.165) is 7.11 Å². The van der Waals surface area contributed by atoms with E-state index in [-0.39, 0.29) is 16.3 Å². The van der Waals surface area contributed by atoms with Crippen LogP contribution in [0.5, 0.6) is 0 Å². The van der Waals surface area contributed by atoms with Gasteiger partial charge in [-0.15, -0.1) is 0 Å². The molecule has 1 unspecified atom stereocenters. The molecule has 0 bridgehead atoms. The normalized spacial score (nSPS) is 11.9. The lowest BCUT2D eigenvalue weighted by atomic mass is 10.1. The summed E-state index contributed by atoms with van der Waals surface area (Å²) in [5.41, 5.74) is 5.18. The molecule has 6 nitrogen and oxygen atoms in total. The number of rotatable bonds is 3. The molecule has 0 saturated heterocycles. The lowest BCUT2D eigenvalue weighted by Gasteiger charge is -2.11. The van der Waals surface area contributed by atoms with E-state index >= 15 is 0 Å². The van der Waals surface area contributed by atoms with Gasteiger partial charge in [0, 0.05) is 6.07 Å². The van der Waals surface area contributed by atoms with Gasteiger partial charge in [0.2, 0.25) is 0 Å². The van der Waals surface area contributed by atoms with Crippen molar-refractivity contribution in [3.63, 3.8) is 0 Å². The molecule has 7 heteroatoms. The fourth-order valence-electron chi connectivity index (χ4n) is 1.24. The Morgan fingerprint density at radius 2 is 2.25 bits per heavy atom. The molecule has 1 rings (SSSR count). The van der Waals surface area contributed by atoms with E-state index in [0.29, 0.717) is 0 Å². The first kappa shape index (κ1) is 12.4. The zero-order valence-corrected chi connectivity index (χ0v) is 9.10. The molecule has 0 spiro atoms. The summed E-state index contributed by atoms with van der Waals surface area (Å²) in [5.74, 6) is -0.781. The summed E-state index contributed by atoms with van der Waals surface area (Å²) >= 11 is 5.78. The summed E-state index contributed by atoms with van der Waals surface area (Å²) in [7, 11) is 1.14. The number of nitrogens with two attached hydrogens (primary N) is 1. The average Bonchev–Trinajstić information content (AvgIpc) is 2.26. The van der Waals surface area contributed by atoms with Gasteiger partial charge in [0.15, 0.2) is 0 Å². The fraction of sp³-hybridized carbons (Fsp3) is 0.222. The number of methoxy groups -OCH3 is 1. The van der Waals surface area contributed by atoms with Crippen molar-refractivity contribution in [3.05, 3.63) is 38.9 Å². The molecule has 0 amide bonds. The maximum atomic E-state index is 11.2. The average molecular weight is 245 g/mol. The van der Waals surface area contributed by atoms with Crippen molar-refractivity contribution in [1.29, 1.82) is 0 Å². The maximum Gasteiger partial charge on any atom is 0.327 e. The molecule has 0 fully saturated rings. The lowest BCUT2D eigenvalue weighted by Crippen LogP contribution is -2.23. The quantitative estimate of drug-likeness (QED) is 0.493. The van der Waals surface area contributed by atoms with Gasteiger partial charge < -0.3 is 10.5 Å². The topological polar surface area (TPSA) is 95.5 Å². The van der Waals surface area contributed by atoms with Crippen LogP contribution in [0.15, 0.2) is 18.2 Å². The van der Waals surface area contributed by atoms with Gasteiger partial charge >= 0.3 is 5.97 Å². The summed E-state index contributed by atoms with van der Waals surface area (Å²) < 4.78 is 4.41. The highest BCUT2D eigenvalue weighted by Crippen LogP contribution is 2.31. The van der Waals surface area contributed by atoms with Crippen molar-refractivity contribution in [1.82, 2.24) is 0 Å². The number of nitro benzene ring substituents is 1. The Hall–Kier alpha value is -1.66. The zero-order chi connectivity index (χ0) is 12.3. The van der Waals surface area contributed by atoms with E-state index in [2.05, 4.69) is 4.74 Å². The Kier molecular flexibility index (Phi) is 3.81.